The second kappa shape index (κ2) is 6.80. The van der Waals surface area contributed by atoms with Gasteiger partial charge in [0.1, 0.15) is 12.3 Å². The zero-order valence-corrected chi connectivity index (χ0v) is 14.7. The quantitative estimate of drug-likeness (QED) is 0.587. The average molecular weight is 384 g/mol. The zero-order valence-electron chi connectivity index (χ0n) is 14.7. The molecular formula is C18H16N4O6. The van der Waals surface area contributed by atoms with Gasteiger partial charge in [0.25, 0.3) is 11.4 Å². The lowest BCUT2D eigenvalue weighted by atomic mass is 9.96. The van der Waals surface area contributed by atoms with E-state index >= 15 is 0 Å². The number of non-ortho nitro benzene ring substituents is 1. The Morgan fingerprint density at radius 2 is 1.82 bits per heavy atom. The number of hydrogen-bond donors (Lipinski definition) is 0. The Balaban J connectivity index is 1.68. The maximum atomic E-state index is 11.9. The fourth-order valence-corrected chi connectivity index (χ4v) is 3.70. The van der Waals surface area contributed by atoms with Crippen LogP contribution in [0.15, 0.2) is 36.4 Å². The van der Waals surface area contributed by atoms with Crippen LogP contribution in [0.4, 0.5) is 27.5 Å². The first-order chi connectivity index (χ1) is 13.5. The van der Waals surface area contributed by atoms with Crippen LogP contribution in [-0.2, 0) is 17.7 Å². The summed E-state index contributed by atoms with van der Waals surface area (Å²) in [4.78, 5) is 36.5. The van der Waals surface area contributed by atoms with Crippen LogP contribution < -0.4 is 9.80 Å². The maximum Gasteiger partial charge on any atom is 0.414 e. The van der Waals surface area contributed by atoms with Crippen LogP contribution in [0.2, 0.25) is 0 Å². The molecule has 0 aliphatic carbocycles. The first-order valence-corrected chi connectivity index (χ1v) is 8.68. The van der Waals surface area contributed by atoms with Gasteiger partial charge in [-0.15, -0.1) is 0 Å². The predicted octanol–water partition coefficient (Wildman–Crippen LogP) is 3.02. The van der Waals surface area contributed by atoms with E-state index in [1.165, 1.54) is 12.1 Å². The standard InChI is InChI=1S/C18H16N4O6/c23-18-20(8-9-28-18)15-3-1-2-12-11-19(7-6-14(12)15)16-5-4-13(21(24)25)10-17(16)22(26)27/h1-5,10H,6-9,11H2. The van der Waals surface area contributed by atoms with Crippen molar-refractivity contribution in [3.05, 3.63) is 67.8 Å². The number of rotatable bonds is 4. The topological polar surface area (TPSA) is 119 Å². The number of ether oxygens (including phenoxy) is 1. The number of benzene rings is 2. The summed E-state index contributed by atoms with van der Waals surface area (Å²) in [5.41, 5.74) is 2.50. The fraction of sp³-hybridized carbons (Fsp3) is 0.278. The van der Waals surface area contributed by atoms with Crippen LogP contribution in [0, 0.1) is 20.2 Å². The van der Waals surface area contributed by atoms with Crippen molar-refractivity contribution in [2.45, 2.75) is 13.0 Å². The van der Waals surface area contributed by atoms with Crippen molar-refractivity contribution >= 4 is 28.8 Å². The average Bonchev–Trinajstić information content (AvgIpc) is 3.12. The van der Waals surface area contributed by atoms with E-state index in [1.807, 2.05) is 23.1 Å². The van der Waals surface area contributed by atoms with Crippen molar-refractivity contribution in [3.63, 3.8) is 0 Å². The van der Waals surface area contributed by atoms with E-state index in [0.717, 1.165) is 22.9 Å². The highest BCUT2D eigenvalue weighted by Crippen LogP contribution is 2.37. The van der Waals surface area contributed by atoms with Crippen molar-refractivity contribution in [2.75, 3.05) is 29.5 Å². The summed E-state index contributed by atoms with van der Waals surface area (Å²) >= 11 is 0. The largest absolute Gasteiger partial charge is 0.447 e. The molecule has 0 unspecified atom stereocenters. The van der Waals surface area contributed by atoms with Gasteiger partial charge in [0.2, 0.25) is 0 Å². The van der Waals surface area contributed by atoms with Crippen LogP contribution in [0.5, 0.6) is 0 Å². The summed E-state index contributed by atoms with van der Waals surface area (Å²) in [5.74, 6) is 0. The SMILES string of the molecule is O=C1OCCN1c1cccc2c1CCN(c1ccc([N+](=O)[O-])cc1[N+](=O)[O-])C2. The number of nitro benzene ring substituents is 2. The minimum atomic E-state index is -0.649. The van der Waals surface area contributed by atoms with Gasteiger partial charge in [-0.1, -0.05) is 12.1 Å². The number of cyclic esters (lactones) is 1. The Kier molecular flexibility index (Phi) is 4.30. The van der Waals surface area contributed by atoms with Crippen LogP contribution in [0.25, 0.3) is 0 Å². The first-order valence-electron chi connectivity index (χ1n) is 8.68. The third-order valence-corrected chi connectivity index (χ3v) is 5.00. The molecule has 2 heterocycles. The van der Waals surface area contributed by atoms with E-state index in [4.69, 9.17) is 4.74 Å². The van der Waals surface area contributed by atoms with Crippen LogP contribution in [0.1, 0.15) is 11.1 Å². The highest BCUT2D eigenvalue weighted by atomic mass is 16.6. The normalized spacial score (nSPS) is 15.9. The van der Waals surface area contributed by atoms with E-state index in [0.29, 0.717) is 38.3 Å². The van der Waals surface area contributed by atoms with Crippen LogP contribution in [0.3, 0.4) is 0 Å². The molecular weight excluding hydrogens is 368 g/mol. The molecule has 2 aliphatic rings. The Hall–Kier alpha value is -3.69. The number of nitrogens with zero attached hydrogens (tertiary/aromatic N) is 4. The monoisotopic (exact) mass is 384 g/mol. The lowest BCUT2D eigenvalue weighted by Crippen LogP contribution is -2.33. The second-order valence-electron chi connectivity index (χ2n) is 6.54. The number of fused-ring (bicyclic) bond motifs is 1. The number of hydrogen-bond acceptors (Lipinski definition) is 7. The molecule has 0 saturated carbocycles. The molecule has 2 aromatic rings. The van der Waals surface area contributed by atoms with Gasteiger partial charge in [-0.3, -0.25) is 25.1 Å². The van der Waals surface area contributed by atoms with E-state index in [-0.39, 0.29) is 17.5 Å². The van der Waals surface area contributed by atoms with E-state index in [2.05, 4.69) is 0 Å². The Bertz CT molecular complexity index is 992. The molecule has 10 heteroatoms. The fourth-order valence-electron chi connectivity index (χ4n) is 3.70. The molecule has 1 fully saturated rings. The summed E-state index contributed by atoms with van der Waals surface area (Å²) in [5, 5.41) is 22.4. The number of nitro groups is 2. The number of carbonyl (C=O) groups excluding carboxylic acids is 1. The van der Waals surface area contributed by atoms with Gasteiger partial charge in [-0.05, 0) is 29.7 Å². The molecule has 1 amide bonds. The molecule has 4 rings (SSSR count). The van der Waals surface area contributed by atoms with Gasteiger partial charge in [0.15, 0.2) is 0 Å². The summed E-state index contributed by atoms with van der Waals surface area (Å²) in [6.45, 7) is 1.74. The Morgan fingerprint density at radius 3 is 2.50 bits per heavy atom. The number of carbonyl (C=O) groups is 1. The van der Waals surface area contributed by atoms with Gasteiger partial charge >= 0.3 is 6.09 Å². The molecule has 0 spiro atoms. The minimum Gasteiger partial charge on any atom is -0.447 e. The van der Waals surface area contributed by atoms with Gasteiger partial charge < -0.3 is 9.64 Å². The van der Waals surface area contributed by atoms with Gasteiger partial charge in [-0.2, -0.15) is 0 Å². The molecule has 1 saturated heterocycles. The molecule has 2 aliphatic heterocycles. The summed E-state index contributed by atoms with van der Waals surface area (Å²) in [7, 11) is 0. The van der Waals surface area contributed by atoms with Crippen molar-refractivity contribution in [2.24, 2.45) is 0 Å². The van der Waals surface area contributed by atoms with Gasteiger partial charge in [0.05, 0.1) is 28.1 Å². The number of amides is 1. The lowest BCUT2D eigenvalue weighted by molar-refractivity contribution is -0.393. The van der Waals surface area contributed by atoms with Crippen molar-refractivity contribution in [1.29, 1.82) is 0 Å². The molecule has 10 nitrogen and oxygen atoms in total. The van der Waals surface area contributed by atoms with Crippen LogP contribution >= 0.6 is 0 Å². The second-order valence-corrected chi connectivity index (χ2v) is 6.54. The molecule has 2 aromatic carbocycles. The number of anilines is 2. The third-order valence-electron chi connectivity index (χ3n) is 5.00. The lowest BCUT2D eigenvalue weighted by Gasteiger charge is -2.32. The van der Waals surface area contributed by atoms with E-state index in [9.17, 15) is 25.0 Å². The van der Waals surface area contributed by atoms with Gasteiger partial charge in [-0.25, -0.2) is 4.79 Å². The third kappa shape index (κ3) is 2.98. The Morgan fingerprint density at radius 1 is 1.00 bits per heavy atom. The highest BCUT2D eigenvalue weighted by Gasteiger charge is 2.30. The highest BCUT2D eigenvalue weighted by molar-refractivity contribution is 5.90. The molecule has 144 valence electrons. The van der Waals surface area contributed by atoms with E-state index < -0.39 is 9.85 Å². The van der Waals surface area contributed by atoms with E-state index in [1.54, 1.807) is 4.90 Å². The smallest absolute Gasteiger partial charge is 0.414 e. The zero-order chi connectivity index (χ0) is 19.8. The summed E-state index contributed by atoms with van der Waals surface area (Å²) < 4.78 is 5.02. The Labute approximate surface area is 159 Å². The minimum absolute atomic E-state index is 0.295. The predicted molar refractivity (Wildman–Crippen MR) is 99.6 cm³/mol. The van der Waals surface area contributed by atoms with Gasteiger partial charge in [0, 0.05) is 19.2 Å². The maximum absolute atomic E-state index is 11.9. The van der Waals surface area contributed by atoms with Crippen molar-refractivity contribution in [1.82, 2.24) is 0 Å². The van der Waals surface area contributed by atoms with Crippen LogP contribution in [-0.4, -0.2) is 35.6 Å². The first kappa shape index (κ1) is 17.7. The molecule has 0 N–H and O–H groups in total. The molecule has 0 bridgehead atoms. The summed E-state index contributed by atoms with van der Waals surface area (Å²) in [6.07, 6.45) is 0.213. The molecule has 0 radical (unpaired) electrons. The molecule has 28 heavy (non-hydrogen) atoms. The molecule has 0 aromatic heterocycles. The summed E-state index contributed by atoms with van der Waals surface area (Å²) in [6, 6.07) is 9.31. The van der Waals surface area contributed by atoms with Crippen molar-refractivity contribution in [3.8, 4) is 0 Å². The molecule has 0 atom stereocenters. The van der Waals surface area contributed by atoms with Crippen molar-refractivity contribution < 1.29 is 19.4 Å².